The van der Waals surface area contributed by atoms with E-state index in [2.05, 4.69) is 58.9 Å². The second kappa shape index (κ2) is 10.2. The summed E-state index contributed by atoms with van der Waals surface area (Å²) in [5, 5.41) is 10.3. The van der Waals surface area contributed by atoms with Crippen LogP contribution in [0.4, 0.5) is 4.39 Å². The highest BCUT2D eigenvalue weighted by atomic mass is 19.1. The van der Waals surface area contributed by atoms with Crippen LogP contribution in [-0.4, -0.2) is 10.1 Å². The normalized spacial score (nSPS) is 11.5. The Kier molecular flexibility index (Phi) is 7.61. The molecule has 3 heteroatoms. The van der Waals surface area contributed by atoms with E-state index in [4.69, 9.17) is 4.98 Å². The molecular formula is C28H34FNO. The number of nitrogens with zero attached hydrogens (tertiary/aromatic N) is 1. The van der Waals surface area contributed by atoms with Crippen molar-refractivity contribution in [2.24, 2.45) is 0 Å². The van der Waals surface area contributed by atoms with E-state index < -0.39 is 0 Å². The van der Waals surface area contributed by atoms with Crippen LogP contribution >= 0.6 is 0 Å². The number of hydrogen-bond donors (Lipinski definition) is 1. The summed E-state index contributed by atoms with van der Waals surface area (Å²) in [5.41, 5.74) is 8.75. The zero-order valence-corrected chi connectivity index (χ0v) is 19.4. The molecule has 0 bridgehead atoms. The number of benzene rings is 2. The van der Waals surface area contributed by atoms with Crippen LogP contribution in [0.2, 0.25) is 0 Å². The maximum absolute atomic E-state index is 13.7. The largest absolute Gasteiger partial charge is 0.392 e. The monoisotopic (exact) mass is 419 g/mol. The smallest absolute Gasteiger partial charge is 0.123 e. The predicted octanol–water partition coefficient (Wildman–Crippen LogP) is 7.11. The van der Waals surface area contributed by atoms with Crippen molar-refractivity contribution in [1.29, 1.82) is 0 Å². The van der Waals surface area contributed by atoms with Gasteiger partial charge >= 0.3 is 0 Å². The van der Waals surface area contributed by atoms with Crippen molar-refractivity contribution in [3.63, 3.8) is 0 Å². The van der Waals surface area contributed by atoms with Crippen LogP contribution in [-0.2, 0) is 19.4 Å². The van der Waals surface area contributed by atoms with Crippen LogP contribution in [0.25, 0.3) is 11.1 Å². The maximum atomic E-state index is 13.7. The van der Waals surface area contributed by atoms with Crippen LogP contribution in [0.1, 0.15) is 79.6 Å². The molecule has 0 saturated heterocycles. The number of pyridine rings is 1. The Hall–Kier alpha value is -2.52. The summed E-state index contributed by atoms with van der Waals surface area (Å²) >= 11 is 0. The Morgan fingerprint density at radius 2 is 1.45 bits per heavy atom. The van der Waals surface area contributed by atoms with E-state index in [1.807, 2.05) is 12.1 Å². The molecular weight excluding hydrogens is 385 g/mol. The highest BCUT2D eigenvalue weighted by Crippen LogP contribution is 2.37. The van der Waals surface area contributed by atoms with E-state index in [1.54, 1.807) is 0 Å². The fraction of sp³-hybridized carbons (Fsp3) is 0.393. The molecule has 0 aliphatic carbocycles. The fourth-order valence-corrected chi connectivity index (χ4v) is 4.38. The second-order valence-corrected chi connectivity index (χ2v) is 8.97. The highest BCUT2D eigenvalue weighted by molar-refractivity contribution is 5.73. The molecule has 3 rings (SSSR count). The van der Waals surface area contributed by atoms with Gasteiger partial charge in [0.15, 0.2) is 0 Å². The molecule has 0 radical (unpaired) electrons. The fourth-order valence-electron chi connectivity index (χ4n) is 4.38. The van der Waals surface area contributed by atoms with Gasteiger partial charge in [-0.15, -0.1) is 0 Å². The van der Waals surface area contributed by atoms with E-state index in [0.717, 1.165) is 47.3 Å². The average Bonchev–Trinajstić information content (AvgIpc) is 2.74. The standard InChI is InChI=1S/C28H34FNO/c1-18(2)27-24(12-8-11-21-10-7-6-9-20(21)5)26(22-13-15-23(29)16-14-22)25(17-31)28(30-27)19(3)4/h6-7,9-10,13-16,18-19,31H,8,11-12,17H2,1-5H3. The molecule has 0 atom stereocenters. The third-order valence-corrected chi connectivity index (χ3v) is 5.98. The first kappa shape index (κ1) is 23.1. The molecule has 1 aromatic heterocycles. The van der Waals surface area contributed by atoms with Crippen LogP contribution < -0.4 is 0 Å². The Morgan fingerprint density at radius 1 is 0.839 bits per heavy atom. The second-order valence-electron chi connectivity index (χ2n) is 8.97. The van der Waals surface area contributed by atoms with Gasteiger partial charge in [-0.05, 0) is 78.0 Å². The SMILES string of the molecule is Cc1ccccc1CCCc1c(C(C)C)nc(C(C)C)c(CO)c1-c1ccc(F)cc1. The lowest BCUT2D eigenvalue weighted by Gasteiger charge is -2.24. The molecule has 3 aromatic rings. The van der Waals surface area contributed by atoms with Crippen molar-refractivity contribution in [3.05, 3.63) is 88.0 Å². The van der Waals surface area contributed by atoms with Crippen molar-refractivity contribution in [3.8, 4) is 11.1 Å². The molecule has 164 valence electrons. The van der Waals surface area contributed by atoms with Crippen molar-refractivity contribution < 1.29 is 9.50 Å². The third kappa shape index (κ3) is 5.22. The predicted molar refractivity (Wildman–Crippen MR) is 127 cm³/mol. The average molecular weight is 420 g/mol. The van der Waals surface area contributed by atoms with Gasteiger partial charge in [0, 0.05) is 17.0 Å². The van der Waals surface area contributed by atoms with Gasteiger partial charge in [-0.2, -0.15) is 0 Å². The van der Waals surface area contributed by atoms with Crippen molar-refractivity contribution >= 4 is 0 Å². The summed E-state index contributed by atoms with van der Waals surface area (Å²) in [6, 6.07) is 15.2. The van der Waals surface area contributed by atoms with Gasteiger partial charge in [-0.25, -0.2) is 4.39 Å². The molecule has 1 N–H and O–H groups in total. The van der Waals surface area contributed by atoms with Gasteiger partial charge in [0.2, 0.25) is 0 Å². The minimum Gasteiger partial charge on any atom is -0.392 e. The van der Waals surface area contributed by atoms with Crippen LogP contribution in [0.3, 0.4) is 0 Å². The molecule has 0 spiro atoms. The molecule has 0 aliphatic heterocycles. The third-order valence-electron chi connectivity index (χ3n) is 5.98. The zero-order valence-electron chi connectivity index (χ0n) is 19.4. The first-order valence-corrected chi connectivity index (χ1v) is 11.3. The summed E-state index contributed by atoms with van der Waals surface area (Å²) in [6.07, 6.45) is 2.85. The number of aliphatic hydroxyl groups is 1. The molecule has 0 saturated carbocycles. The number of hydrogen-bond acceptors (Lipinski definition) is 2. The summed E-state index contributed by atoms with van der Waals surface area (Å²) < 4.78 is 13.7. The van der Waals surface area contributed by atoms with Gasteiger partial charge in [-0.3, -0.25) is 4.98 Å². The molecule has 31 heavy (non-hydrogen) atoms. The van der Waals surface area contributed by atoms with Crippen LogP contribution in [0, 0.1) is 12.7 Å². The number of aryl methyl sites for hydroxylation is 2. The highest BCUT2D eigenvalue weighted by Gasteiger charge is 2.23. The van der Waals surface area contributed by atoms with E-state index in [1.165, 1.54) is 28.8 Å². The first-order chi connectivity index (χ1) is 14.8. The lowest BCUT2D eigenvalue weighted by atomic mass is 9.85. The van der Waals surface area contributed by atoms with E-state index in [9.17, 15) is 9.50 Å². The Labute approximate surface area is 186 Å². The lowest BCUT2D eigenvalue weighted by molar-refractivity contribution is 0.279. The van der Waals surface area contributed by atoms with Gasteiger partial charge < -0.3 is 5.11 Å². The van der Waals surface area contributed by atoms with Crippen LogP contribution in [0.15, 0.2) is 48.5 Å². The van der Waals surface area contributed by atoms with E-state index in [-0.39, 0.29) is 24.3 Å². The molecule has 0 aliphatic rings. The molecule has 2 nitrogen and oxygen atoms in total. The molecule has 1 heterocycles. The van der Waals surface area contributed by atoms with E-state index >= 15 is 0 Å². The Morgan fingerprint density at radius 3 is 2.03 bits per heavy atom. The Balaban J connectivity index is 2.12. The lowest BCUT2D eigenvalue weighted by Crippen LogP contribution is -2.12. The molecule has 0 fully saturated rings. The van der Waals surface area contributed by atoms with Gasteiger partial charge in [0.05, 0.1) is 6.61 Å². The van der Waals surface area contributed by atoms with E-state index in [0.29, 0.717) is 0 Å². The van der Waals surface area contributed by atoms with Gasteiger partial charge in [0.1, 0.15) is 5.82 Å². The molecule has 2 aromatic carbocycles. The zero-order chi connectivity index (χ0) is 22.5. The summed E-state index contributed by atoms with van der Waals surface area (Å²) in [7, 11) is 0. The summed E-state index contributed by atoms with van der Waals surface area (Å²) in [5.74, 6) is 0.204. The van der Waals surface area contributed by atoms with Crippen molar-refractivity contribution in [2.75, 3.05) is 0 Å². The van der Waals surface area contributed by atoms with Crippen molar-refractivity contribution in [2.45, 2.75) is 72.3 Å². The van der Waals surface area contributed by atoms with Gasteiger partial charge in [0.25, 0.3) is 0 Å². The van der Waals surface area contributed by atoms with Gasteiger partial charge in [-0.1, -0.05) is 64.1 Å². The minimum absolute atomic E-state index is 0.0730. The first-order valence-electron chi connectivity index (χ1n) is 11.3. The quantitative estimate of drug-likeness (QED) is 0.422. The van der Waals surface area contributed by atoms with Crippen molar-refractivity contribution in [1.82, 2.24) is 4.98 Å². The minimum atomic E-state index is -0.252. The number of rotatable bonds is 8. The summed E-state index contributed by atoms with van der Waals surface area (Å²) in [6.45, 7) is 10.6. The Bertz CT molecular complexity index is 1020. The number of aliphatic hydroxyl groups excluding tert-OH is 1. The molecule has 0 amide bonds. The number of halogens is 1. The topological polar surface area (TPSA) is 33.1 Å². The maximum Gasteiger partial charge on any atom is 0.123 e. The number of aromatic nitrogens is 1. The van der Waals surface area contributed by atoms with Crippen LogP contribution in [0.5, 0.6) is 0 Å². The molecule has 0 unspecified atom stereocenters. The summed E-state index contributed by atoms with van der Waals surface area (Å²) in [4.78, 5) is 5.06.